The lowest BCUT2D eigenvalue weighted by Crippen LogP contribution is -2.26. The number of aromatic nitrogens is 1. The van der Waals surface area contributed by atoms with Crippen molar-refractivity contribution in [1.29, 1.82) is 0 Å². The molecule has 2 N–H and O–H groups in total. The number of benzene rings is 2. The first-order valence-electron chi connectivity index (χ1n) is 7.87. The van der Waals surface area contributed by atoms with E-state index in [-0.39, 0.29) is 5.69 Å². The van der Waals surface area contributed by atoms with Gasteiger partial charge in [0, 0.05) is 29.8 Å². The summed E-state index contributed by atoms with van der Waals surface area (Å²) < 4.78 is 0. The zero-order chi connectivity index (χ0) is 18.2. The van der Waals surface area contributed by atoms with Crippen LogP contribution in [-0.2, 0) is 0 Å². The number of non-ortho nitro benzene ring substituents is 1. The monoisotopic (exact) mass is 346 g/mol. The second-order valence-corrected chi connectivity index (χ2v) is 5.29. The molecular formula is C19H16N5O2+. The number of nitrogens with one attached hydrogen (secondary N) is 2. The molecule has 0 aliphatic heterocycles. The van der Waals surface area contributed by atoms with Gasteiger partial charge in [0.1, 0.15) is 0 Å². The van der Waals surface area contributed by atoms with Gasteiger partial charge in [-0.05, 0) is 18.2 Å². The number of pyridine rings is 1. The van der Waals surface area contributed by atoms with Gasteiger partial charge in [-0.1, -0.05) is 30.3 Å². The van der Waals surface area contributed by atoms with Crippen molar-refractivity contribution in [3.05, 3.63) is 100 Å². The number of hydrogen-bond donors (Lipinski definition) is 1. The summed E-state index contributed by atoms with van der Waals surface area (Å²) in [7, 11) is 0. The molecule has 3 rings (SSSR count). The van der Waals surface area contributed by atoms with Crippen LogP contribution in [0.4, 0.5) is 11.4 Å². The third-order valence-electron chi connectivity index (χ3n) is 3.43. The van der Waals surface area contributed by atoms with Crippen LogP contribution in [0.3, 0.4) is 0 Å². The number of para-hydroxylation sites is 1. The number of amidine groups is 1. The highest BCUT2D eigenvalue weighted by molar-refractivity contribution is 5.97. The van der Waals surface area contributed by atoms with Crippen molar-refractivity contribution >= 4 is 23.4 Å². The summed E-state index contributed by atoms with van der Waals surface area (Å²) in [5.41, 5.74) is 5.06. The molecular weight excluding hydrogens is 330 g/mol. The molecule has 1 aromatic heterocycles. The van der Waals surface area contributed by atoms with E-state index in [0.717, 1.165) is 11.4 Å². The van der Waals surface area contributed by atoms with Gasteiger partial charge < -0.3 is 0 Å². The van der Waals surface area contributed by atoms with Crippen molar-refractivity contribution in [2.75, 3.05) is 0 Å². The van der Waals surface area contributed by atoms with Gasteiger partial charge in [-0.15, -0.1) is 0 Å². The fourth-order valence-electron chi connectivity index (χ4n) is 2.20. The number of hydrazone groups is 1. The van der Waals surface area contributed by atoms with Crippen LogP contribution in [-0.4, -0.2) is 17.0 Å². The molecule has 0 spiro atoms. The van der Waals surface area contributed by atoms with E-state index in [1.807, 2.05) is 48.5 Å². The Morgan fingerprint density at radius 2 is 1.85 bits per heavy atom. The summed E-state index contributed by atoms with van der Waals surface area (Å²) in [6.45, 7) is 0. The Bertz CT molecular complexity index is 940. The number of nitro groups is 1. The maximum absolute atomic E-state index is 10.8. The van der Waals surface area contributed by atoms with Gasteiger partial charge in [-0.2, -0.15) is 5.10 Å². The number of nitro benzene ring substituents is 1. The summed E-state index contributed by atoms with van der Waals surface area (Å²) in [5, 5.41) is 15.0. The smallest absolute Gasteiger partial charge is 0.258 e. The quantitative estimate of drug-likeness (QED) is 0.333. The molecule has 7 nitrogen and oxygen atoms in total. The van der Waals surface area contributed by atoms with E-state index in [1.165, 1.54) is 18.3 Å². The normalized spacial score (nSPS) is 11.5. The second-order valence-electron chi connectivity index (χ2n) is 5.29. The van der Waals surface area contributed by atoms with Gasteiger partial charge in [0.25, 0.3) is 5.69 Å². The maximum Gasteiger partial charge on any atom is 0.270 e. The summed E-state index contributed by atoms with van der Waals surface area (Å²) in [5.74, 6) is 0.526. The first kappa shape index (κ1) is 17.0. The first-order chi connectivity index (χ1) is 12.7. The highest BCUT2D eigenvalue weighted by atomic mass is 16.6. The van der Waals surface area contributed by atoms with E-state index in [9.17, 15) is 10.1 Å². The average molecular weight is 346 g/mol. The molecule has 0 aliphatic rings. The molecule has 0 radical (unpaired) electrons. The van der Waals surface area contributed by atoms with Gasteiger partial charge in [0.2, 0.25) is 11.5 Å². The van der Waals surface area contributed by atoms with Crippen molar-refractivity contribution in [3.63, 3.8) is 0 Å². The lowest BCUT2D eigenvalue weighted by atomic mass is 10.2. The SMILES string of the molecule is O=[N+]([O-])c1cccc(/C=N\NC(=Nc2ccccc2)c2cccc[nH+]2)c1. The fraction of sp³-hybridized carbons (Fsp3) is 0. The zero-order valence-corrected chi connectivity index (χ0v) is 13.7. The van der Waals surface area contributed by atoms with Gasteiger partial charge in [0.05, 0.1) is 16.8 Å². The predicted molar refractivity (Wildman–Crippen MR) is 99.5 cm³/mol. The van der Waals surface area contributed by atoms with Crippen molar-refractivity contribution in [3.8, 4) is 0 Å². The Balaban J connectivity index is 1.84. The molecule has 128 valence electrons. The molecule has 0 unspecified atom stereocenters. The molecule has 0 bridgehead atoms. The first-order valence-corrected chi connectivity index (χ1v) is 7.87. The minimum absolute atomic E-state index is 0.0171. The lowest BCUT2D eigenvalue weighted by Gasteiger charge is -2.02. The largest absolute Gasteiger partial charge is 0.270 e. The van der Waals surface area contributed by atoms with E-state index >= 15 is 0 Å². The number of hydrogen-bond acceptors (Lipinski definition) is 4. The molecule has 2 aromatic carbocycles. The van der Waals surface area contributed by atoms with Crippen LogP contribution in [0.2, 0.25) is 0 Å². The number of aromatic amines is 1. The Morgan fingerprint density at radius 3 is 2.58 bits per heavy atom. The van der Waals surface area contributed by atoms with Crippen LogP contribution < -0.4 is 10.4 Å². The molecule has 26 heavy (non-hydrogen) atoms. The van der Waals surface area contributed by atoms with E-state index in [1.54, 1.807) is 18.3 Å². The fourth-order valence-corrected chi connectivity index (χ4v) is 2.20. The van der Waals surface area contributed by atoms with Gasteiger partial charge in [0.15, 0.2) is 6.20 Å². The summed E-state index contributed by atoms with van der Waals surface area (Å²) in [4.78, 5) is 18.1. The van der Waals surface area contributed by atoms with Gasteiger partial charge >= 0.3 is 0 Å². The zero-order valence-electron chi connectivity index (χ0n) is 13.7. The highest BCUT2D eigenvalue weighted by Crippen LogP contribution is 2.12. The van der Waals surface area contributed by atoms with Crippen LogP contribution in [0.25, 0.3) is 0 Å². The highest BCUT2D eigenvalue weighted by Gasteiger charge is 2.09. The topological polar surface area (TPSA) is 94.0 Å². The summed E-state index contributed by atoms with van der Waals surface area (Å²) >= 11 is 0. The Labute approximate surface area is 149 Å². The molecule has 0 fully saturated rings. The average Bonchev–Trinajstić information content (AvgIpc) is 2.69. The van der Waals surface area contributed by atoms with Crippen LogP contribution >= 0.6 is 0 Å². The van der Waals surface area contributed by atoms with Crippen LogP contribution in [0.5, 0.6) is 0 Å². The molecule has 0 atom stereocenters. The Morgan fingerprint density at radius 1 is 1.04 bits per heavy atom. The van der Waals surface area contributed by atoms with Crippen LogP contribution in [0.1, 0.15) is 11.3 Å². The van der Waals surface area contributed by atoms with Gasteiger partial charge in [-0.3, -0.25) is 15.5 Å². The van der Waals surface area contributed by atoms with E-state index < -0.39 is 4.92 Å². The minimum Gasteiger partial charge on any atom is -0.258 e. The van der Waals surface area contributed by atoms with E-state index in [2.05, 4.69) is 20.5 Å². The number of aliphatic imine (C=N–C) groups is 1. The molecule has 0 amide bonds. The minimum atomic E-state index is -0.439. The second kappa shape index (κ2) is 8.29. The molecule has 0 aliphatic carbocycles. The van der Waals surface area contributed by atoms with Gasteiger partial charge in [-0.25, -0.2) is 9.98 Å². The van der Waals surface area contributed by atoms with Crippen molar-refractivity contribution in [1.82, 2.24) is 5.43 Å². The maximum atomic E-state index is 10.8. The number of nitrogens with zero attached hydrogens (tertiary/aromatic N) is 3. The number of H-pyrrole nitrogens is 1. The van der Waals surface area contributed by atoms with Crippen LogP contribution in [0, 0.1) is 10.1 Å². The van der Waals surface area contributed by atoms with Crippen molar-refractivity contribution in [2.24, 2.45) is 10.1 Å². The molecule has 3 aromatic rings. The Kier molecular flexibility index (Phi) is 5.41. The third-order valence-corrected chi connectivity index (χ3v) is 3.43. The predicted octanol–water partition coefficient (Wildman–Crippen LogP) is 3.11. The lowest BCUT2D eigenvalue weighted by molar-refractivity contribution is -0.384. The molecule has 7 heteroatoms. The summed E-state index contributed by atoms with van der Waals surface area (Å²) in [6.07, 6.45) is 3.30. The Hall–Kier alpha value is -3.87. The van der Waals surface area contributed by atoms with Crippen molar-refractivity contribution < 1.29 is 9.91 Å². The third kappa shape index (κ3) is 4.57. The molecule has 0 saturated carbocycles. The van der Waals surface area contributed by atoms with Crippen molar-refractivity contribution in [2.45, 2.75) is 0 Å². The van der Waals surface area contributed by atoms with E-state index in [0.29, 0.717) is 11.4 Å². The van der Waals surface area contributed by atoms with E-state index in [4.69, 9.17) is 0 Å². The molecule has 1 heterocycles. The standard InChI is InChI=1S/C19H15N5O2/c25-24(26)17-10-6-7-15(13-17)14-21-23-19(18-11-4-5-12-20-18)22-16-8-2-1-3-9-16/h1-14H,(H,22,23)/p+1/b21-14-. The summed E-state index contributed by atoms with van der Waals surface area (Å²) in [6, 6.07) is 21.4. The van der Waals surface area contributed by atoms with Crippen LogP contribution in [0.15, 0.2) is 89.1 Å². The molecule has 0 saturated heterocycles. The number of rotatable bonds is 5.